The second kappa shape index (κ2) is 14.8. The van der Waals surface area contributed by atoms with Gasteiger partial charge in [0.2, 0.25) is 0 Å². The van der Waals surface area contributed by atoms with Crippen LogP contribution in [0, 0.1) is 5.82 Å². The summed E-state index contributed by atoms with van der Waals surface area (Å²) >= 11 is 11.1. The molecule has 0 aliphatic rings. The Labute approximate surface area is 298 Å². The van der Waals surface area contributed by atoms with Gasteiger partial charge >= 0.3 is 0 Å². The molecule has 0 fully saturated rings. The molecule has 9 heteroatoms. The first kappa shape index (κ1) is 34.1. The summed E-state index contributed by atoms with van der Waals surface area (Å²) in [5, 5.41) is 1.79. The number of carbonyl (C=O) groups is 3. The fraction of sp³-hybridized carbons (Fsp3) is 0.0488. The summed E-state index contributed by atoms with van der Waals surface area (Å²) < 4.78 is 25.4. The van der Waals surface area contributed by atoms with E-state index in [1.165, 1.54) is 24.3 Å². The molecule has 50 heavy (non-hydrogen) atoms. The first-order valence-electron chi connectivity index (χ1n) is 15.4. The molecule has 6 aromatic carbocycles. The number of amides is 1. The van der Waals surface area contributed by atoms with Gasteiger partial charge in [0, 0.05) is 27.8 Å². The van der Waals surface area contributed by atoms with Crippen LogP contribution in [0.4, 0.5) is 10.1 Å². The van der Waals surface area contributed by atoms with E-state index < -0.39 is 21.7 Å². The molecule has 0 aliphatic carbocycles. The summed E-state index contributed by atoms with van der Waals surface area (Å²) in [5.41, 5.74) is 3.89. The Morgan fingerprint density at radius 1 is 0.500 bits per heavy atom. The predicted octanol–water partition coefficient (Wildman–Crippen LogP) is 10.8. The van der Waals surface area contributed by atoms with E-state index in [9.17, 15) is 18.8 Å². The maximum atomic E-state index is 13.4. The molecule has 0 radical (unpaired) electrons. The van der Waals surface area contributed by atoms with Crippen LogP contribution in [-0.4, -0.2) is 16.4 Å². The molecule has 0 bridgehead atoms. The summed E-state index contributed by atoms with van der Waals surface area (Å²) in [6, 6.07) is 41.5. The van der Waals surface area contributed by atoms with Gasteiger partial charge in [-0.05, 0) is 156 Å². The number of hydrogen-bond donors (Lipinski definition) is 1. The molecule has 6 rings (SSSR count). The Morgan fingerprint density at radius 3 is 1.18 bits per heavy atom. The van der Waals surface area contributed by atoms with Crippen molar-refractivity contribution in [1.29, 1.82) is 0 Å². The highest BCUT2D eigenvalue weighted by Crippen LogP contribution is 2.41. The molecule has 0 aromatic heterocycles. The Balaban J connectivity index is 1.28. The summed E-state index contributed by atoms with van der Waals surface area (Å²) in [5.74, 6) is 1.55. The average Bonchev–Trinajstić information content (AvgIpc) is 3.13. The Kier molecular flexibility index (Phi) is 10.1. The van der Waals surface area contributed by atoms with Gasteiger partial charge in [0.25, 0.3) is 16.4 Å². The molecule has 1 amide bonds. The fourth-order valence-corrected chi connectivity index (χ4v) is 5.74. The van der Waals surface area contributed by atoms with Crippen molar-refractivity contribution in [2.75, 3.05) is 5.32 Å². The smallest absolute Gasteiger partial charge is 0.255 e. The minimum atomic E-state index is -0.665. The Bertz CT molecular complexity index is 2030. The standard InChI is InChI=1S/C41H28Cl2FNO5/c1-41(29-8-16-33(17-9-29)45-40(48)28-2-14-32(44)15-3-28,30-10-22-36(23-11-30)49-34-18-4-26(5-19-34)38(42)46)31-12-24-37(25-13-31)50-35-20-6-27(7-21-35)39(43)47/h2-25H,1H3,(H,45,48). The van der Waals surface area contributed by atoms with E-state index in [0.29, 0.717) is 45.4 Å². The van der Waals surface area contributed by atoms with Crippen LogP contribution in [0.3, 0.4) is 0 Å². The average molecular weight is 705 g/mol. The topological polar surface area (TPSA) is 81.7 Å². The maximum Gasteiger partial charge on any atom is 0.255 e. The lowest BCUT2D eigenvalue weighted by Gasteiger charge is -2.32. The van der Waals surface area contributed by atoms with Crippen LogP contribution in [0.15, 0.2) is 146 Å². The number of nitrogens with one attached hydrogen (secondary N) is 1. The lowest BCUT2D eigenvalue weighted by molar-refractivity contribution is 0.102. The van der Waals surface area contributed by atoms with Crippen molar-refractivity contribution in [2.45, 2.75) is 12.3 Å². The van der Waals surface area contributed by atoms with Gasteiger partial charge in [-0.25, -0.2) is 4.39 Å². The second-order valence-corrected chi connectivity index (χ2v) is 12.2. The van der Waals surface area contributed by atoms with E-state index in [4.69, 9.17) is 32.7 Å². The van der Waals surface area contributed by atoms with Gasteiger partial charge in [-0.2, -0.15) is 0 Å². The lowest BCUT2D eigenvalue weighted by Crippen LogP contribution is -2.25. The third kappa shape index (κ3) is 7.76. The molecule has 1 N–H and O–H groups in total. The van der Waals surface area contributed by atoms with Gasteiger partial charge in [-0.15, -0.1) is 0 Å². The monoisotopic (exact) mass is 703 g/mol. The molecule has 0 saturated heterocycles. The molecule has 0 spiro atoms. The molecule has 0 saturated carbocycles. The van der Waals surface area contributed by atoms with Gasteiger partial charge in [0.15, 0.2) is 0 Å². The number of hydrogen-bond acceptors (Lipinski definition) is 5. The number of rotatable bonds is 11. The van der Waals surface area contributed by atoms with Crippen LogP contribution in [0.5, 0.6) is 23.0 Å². The molecule has 6 nitrogen and oxygen atoms in total. The molecule has 6 aromatic rings. The first-order chi connectivity index (χ1) is 24.1. The molecule has 0 unspecified atom stereocenters. The van der Waals surface area contributed by atoms with Crippen molar-refractivity contribution in [3.8, 4) is 23.0 Å². The van der Waals surface area contributed by atoms with Crippen molar-refractivity contribution in [1.82, 2.24) is 0 Å². The van der Waals surface area contributed by atoms with Crippen molar-refractivity contribution < 1.29 is 28.2 Å². The second-order valence-electron chi connectivity index (χ2n) is 11.5. The van der Waals surface area contributed by atoms with Gasteiger partial charge in [-0.3, -0.25) is 14.4 Å². The van der Waals surface area contributed by atoms with E-state index in [1.54, 1.807) is 48.5 Å². The summed E-state index contributed by atoms with van der Waals surface area (Å²) in [6.45, 7) is 2.11. The zero-order valence-corrected chi connectivity index (χ0v) is 28.0. The maximum absolute atomic E-state index is 13.4. The molecule has 0 atom stereocenters. The molecule has 248 valence electrons. The number of ether oxygens (including phenoxy) is 2. The van der Waals surface area contributed by atoms with Gasteiger partial charge in [0.1, 0.15) is 28.8 Å². The van der Waals surface area contributed by atoms with Gasteiger partial charge < -0.3 is 14.8 Å². The largest absolute Gasteiger partial charge is 0.457 e. The highest BCUT2D eigenvalue weighted by atomic mass is 35.5. The van der Waals surface area contributed by atoms with Crippen molar-refractivity contribution in [2.24, 2.45) is 0 Å². The zero-order chi connectivity index (χ0) is 35.3. The Hall–Kier alpha value is -5.76. The third-order valence-electron chi connectivity index (χ3n) is 8.32. The molecule has 0 aliphatic heterocycles. The van der Waals surface area contributed by atoms with E-state index in [1.807, 2.05) is 72.8 Å². The van der Waals surface area contributed by atoms with Crippen LogP contribution in [0.1, 0.15) is 54.7 Å². The fourth-order valence-electron chi connectivity index (χ4n) is 5.48. The van der Waals surface area contributed by atoms with Gasteiger partial charge in [0.05, 0.1) is 0 Å². The minimum absolute atomic E-state index is 0.344. The van der Waals surface area contributed by atoms with Crippen molar-refractivity contribution in [3.05, 3.63) is 185 Å². The summed E-state index contributed by atoms with van der Waals surface area (Å²) in [6.07, 6.45) is 0. The van der Waals surface area contributed by atoms with E-state index in [-0.39, 0.29) is 5.91 Å². The SMILES string of the molecule is CC(c1ccc(NC(=O)c2ccc(F)cc2)cc1)(c1ccc(Oc2ccc(C(=O)Cl)cc2)cc1)c1ccc(Oc2ccc(C(=O)Cl)cc2)cc1. The molecular formula is C41H28Cl2FNO5. The van der Waals surface area contributed by atoms with Crippen LogP contribution in [0.25, 0.3) is 0 Å². The Morgan fingerprint density at radius 2 is 0.820 bits per heavy atom. The number of carbonyl (C=O) groups excluding carboxylic acids is 3. The van der Waals surface area contributed by atoms with Crippen LogP contribution in [-0.2, 0) is 5.41 Å². The summed E-state index contributed by atoms with van der Waals surface area (Å²) in [4.78, 5) is 35.6. The van der Waals surface area contributed by atoms with Crippen LogP contribution >= 0.6 is 23.2 Å². The normalized spacial score (nSPS) is 11.0. The first-order valence-corrected chi connectivity index (χ1v) is 16.2. The van der Waals surface area contributed by atoms with Crippen molar-refractivity contribution in [3.63, 3.8) is 0 Å². The van der Waals surface area contributed by atoms with E-state index >= 15 is 0 Å². The number of anilines is 1. The zero-order valence-electron chi connectivity index (χ0n) is 26.5. The number of halogens is 3. The quantitative estimate of drug-likeness (QED) is 0.107. The number of benzene rings is 6. The third-order valence-corrected chi connectivity index (χ3v) is 8.76. The summed E-state index contributed by atoms with van der Waals surface area (Å²) in [7, 11) is 0. The highest BCUT2D eigenvalue weighted by molar-refractivity contribution is 6.68. The van der Waals surface area contributed by atoms with Crippen molar-refractivity contribution >= 4 is 45.3 Å². The molecule has 0 heterocycles. The van der Waals surface area contributed by atoms with Crippen LogP contribution in [0.2, 0.25) is 0 Å². The molecular weight excluding hydrogens is 676 g/mol. The van der Waals surface area contributed by atoms with Crippen LogP contribution < -0.4 is 14.8 Å². The highest BCUT2D eigenvalue weighted by Gasteiger charge is 2.31. The predicted molar refractivity (Wildman–Crippen MR) is 193 cm³/mol. The lowest BCUT2D eigenvalue weighted by atomic mass is 9.71. The van der Waals surface area contributed by atoms with E-state index in [0.717, 1.165) is 16.7 Å². The minimum Gasteiger partial charge on any atom is -0.457 e. The van der Waals surface area contributed by atoms with E-state index in [2.05, 4.69) is 12.2 Å². The van der Waals surface area contributed by atoms with Gasteiger partial charge in [-0.1, -0.05) is 36.4 Å².